The summed E-state index contributed by atoms with van der Waals surface area (Å²) in [5, 5.41) is 5.57. The van der Waals surface area contributed by atoms with Crippen molar-refractivity contribution in [1.82, 2.24) is 15.1 Å². The molecule has 1 saturated carbocycles. The van der Waals surface area contributed by atoms with Crippen LogP contribution in [0.25, 0.3) is 0 Å². The molecule has 0 radical (unpaired) electrons. The van der Waals surface area contributed by atoms with E-state index in [1.54, 1.807) is 27.9 Å². The number of urea groups is 1. The van der Waals surface area contributed by atoms with Crippen LogP contribution < -0.4 is 10.6 Å². The lowest BCUT2D eigenvalue weighted by Gasteiger charge is -2.36. The van der Waals surface area contributed by atoms with Crippen LogP contribution in [0.4, 0.5) is 9.80 Å². The minimum Gasteiger partial charge on any atom is -0.462 e. The van der Waals surface area contributed by atoms with Gasteiger partial charge in [-0.2, -0.15) is 0 Å². The molecule has 1 aromatic rings. The number of nitrogens with one attached hydrogen (secondary N) is 2. The van der Waals surface area contributed by atoms with Gasteiger partial charge in [0.1, 0.15) is 17.1 Å². The molecule has 33 heavy (non-hydrogen) atoms. The highest BCUT2D eigenvalue weighted by Gasteiger charge is 2.55. The van der Waals surface area contributed by atoms with Crippen molar-refractivity contribution in [2.45, 2.75) is 52.0 Å². The first-order chi connectivity index (χ1) is 15.5. The van der Waals surface area contributed by atoms with E-state index >= 15 is 0 Å². The van der Waals surface area contributed by atoms with Gasteiger partial charge in [-0.1, -0.05) is 19.8 Å². The maximum absolute atomic E-state index is 13.1. The first-order valence-electron chi connectivity index (χ1n) is 11.0. The van der Waals surface area contributed by atoms with Crippen LogP contribution in [-0.2, 0) is 14.3 Å². The van der Waals surface area contributed by atoms with E-state index in [0.717, 1.165) is 35.5 Å². The summed E-state index contributed by atoms with van der Waals surface area (Å²) in [6, 6.07) is -0.597. The zero-order chi connectivity index (χ0) is 24.5. The summed E-state index contributed by atoms with van der Waals surface area (Å²) >= 11 is 0.959. The summed E-state index contributed by atoms with van der Waals surface area (Å²) in [4.78, 5) is 66.2. The molecule has 180 valence electrons. The van der Waals surface area contributed by atoms with Crippen LogP contribution in [-0.4, -0.2) is 72.3 Å². The molecular formula is C22H30N4O6S. The van der Waals surface area contributed by atoms with Gasteiger partial charge in [-0.25, -0.2) is 9.59 Å². The van der Waals surface area contributed by atoms with E-state index in [9.17, 15) is 24.0 Å². The van der Waals surface area contributed by atoms with Crippen LogP contribution in [0.5, 0.6) is 0 Å². The van der Waals surface area contributed by atoms with Gasteiger partial charge in [0.15, 0.2) is 0 Å². The smallest absolute Gasteiger partial charge is 0.341 e. The lowest BCUT2D eigenvalue weighted by Crippen LogP contribution is -2.54. The second-order valence-electron chi connectivity index (χ2n) is 8.67. The Labute approximate surface area is 196 Å². The standard InChI is InChI=1S/C22H30N4O6S/c1-6-32-19(29)15-13(3)16(18(28)25(4)5)33-17(15)23-14(27)11-26-20(30)22(24-21(26)31)10-8-7-9-12(22)2/h12H,6-11H2,1-5H3,(H,23,27)(H,24,31)/t12-,22+/m1/s1. The zero-order valence-corrected chi connectivity index (χ0v) is 20.4. The second-order valence-corrected chi connectivity index (χ2v) is 9.69. The van der Waals surface area contributed by atoms with Crippen molar-refractivity contribution in [2.75, 3.05) is 32.6 Å². The Morgan fingerprint density at radius 3 is 2.58 bits per heavy atom. The number of anilines is 1. The fraction of sp³-hybridized carbons (Fsp3) is 0.591. The SMILES string of the molecule is CCOC(=O)c1c(NC(=O)CN2C(=O)N[C@]3(CCCC[C@H]3C)C2=O)sc(C(=O)N(C)C)c1C. The third-order valence-electron chi connectivity index (χ3n) is 6.28. The fourth-order valence-corrected chi connectivity index (χ4v) is 5.64. The van der Waals surface area contributed by atoms with Crippen molar-refractivity contribution in [3.8, 4) is 0 Å². The van der Waals surface area contributed by atoms with Gasteiger partial charge >= 0.3 is 12.0 Å². The van der Waals surface area contributed by atoms with Gasteiger partial charge in [-0.15, -0.1) is 11.3 Å². The number of rotatable bonds is 6. The first kappa shape index (κ1) is 24.7. The molecule has 10 nitrogen and oxygen atoms in total. The van der Waals surface area contributed by atoms with Crippen LogP contribution >= 0.6 is 11.3 Å². The molecule has 1 aliphatic carbocycles. The minimum atomic E-state index is -0.962. The minimum absolute atomic E-state index is 0.0225. The summed E-state index contributed by atoms with van der Waals surface area (Å²) < 4.78 is 5.10. The van der Waals surface area contributed by atoms with E-state index in [0.29, 0.717) is 16.9 Å². The molecule has 11 heteroatoms. The molecule has 1 aromatic heterocycles. The van der Waals surface area contributed by atoms with E-state index in [-0.39, 0.29) is 29.0 Å². The Kier molecular flexibility index (Phi) is 7.11. The van der Waals surface area contributed by atoms with Crippen LogP contribution in [0.3, 0.4) is 0 Å². The Morgan fingerprint density at radius 1 is 1.27 bits per heavy atom. The Morgan fingerprint density at radius 2 is 1.97 bits per heavy atom. The highest BCUT2D eigenvalue weighted by molar-refractivity contribution is 7.18. The van der Waals surface area contributed by atoms with Crippen LogP contribution in [0.15, 0.2) is 0 Å². The average molecular weight is 479 g/mol. The van der Waals surface area contributed by atoms with Crippen LogP contribution in [0.1, 0.15) is 65.1 Å². The number of carbonyl (C=O) groups excluding carboxylic acids is 5. The summed E-state index contributed by atoms with van der Waals surface area (Å²) in [6.07, 6.45) is 3.20. The third-order valence-corrected chi connectivity index (χ3v) is 7.48. The molecule has 0 aromatic carbocycles. The van der Waals surface area contributed by atoms with Crippen LogP contribution in [0.2, 0.25) is 0 Å². The number of imide groups is 1. The van der Waals surface area contributed by atoms with E-state index in [1.165, 1.54) is 4.90 Å². The lowest BCUT2D eigenvalue weighted by atomic mass is 9.73. The van der Waals surface area contributed by atoms with Gasteiger partial charge in [-0.05, 0) is 38.2 Å². The average Bonchev–Trinajstić information content (AvgIpc) is 3.19. The monoisotopic (exact) mass is 478 g/mol. The highest BCUT2D eigenvalue weighted by Crippen LogP contribution is 2.38. The Bertz CT molecular complexity index is 1000. The maximum Gasteiger partial charge on any atom is 0.341 e. The molecule has 2 atom stereocenters. The summed E-state index contributed by atoms with van der Waals surface area (Å²) in [5.41, 5.74) is -0.469. The van der Waals surface area contributed by atoms with Crippen molar-refractivity contribution in [1.29, 1.82) is 0 Å². The molecule has 2 fully saturated rings. The highest BCUT2D eigenvalue weighted by atomic mass is 32.1. The van der Waals surface area contributed by atoms with Crippen molar-refractivity contribution in [3.63, 3.8) is 0 Å². The van der Waals surface area contributed by atoms with Gasteiger partial charge in [0.05, 0.1) is 17.0 Å². The second kappa shape index (κ2) is 9.50. The van der Waals surface area contributed by atoms with Gasteiger partial charge in [0.2, 0.25) is 5.91 Å². The number of thiophene rings is 1. The van der Waals surface area contributed by atoms with E-state index in [1.807, 2.05) is 6.92 Å². The molecule has 1 saturated heterocycles. The normalized spacial score (nSPS) is 22.3. The molecule has 5 amide bonds. The van der Waals surface area contributed by atoms with E-state index < -0.39 is 35.9 Å². The molecule has 0 unspecified atom stereocenters. The summed E-state index contributed by atoms with van der Waals surface area (Å²) in [5.74, 6) is -2.04. The number of ether oxygens (including phenoxy) is 1. The lowest BCUT2D eigenvalue weighted by molar-refractivity contribution is -0.136. The summed E-state index contributed by atoms with van der Waals surface area (Å²) in [7, 11) is 3.17. The van der Waals surface area contributed by atoms with Gasteiger partial charge in [0, 0.05) is 14.1 Å². The number of amides is 5. The summed E-state index contributed by atoms with van der Waals surface area (Å²) in [6.45, 7) is 4.84. The molecule has 0 bridgehead atoms. The number of esters is 1. The van der Waals surface area contributed by atoms with Gasteiger partial charge in [0.25, 0.3) is 11.8 Å². The number of hydrogen-bond donors (Lipinski definition) is 2. The third kappa shape index (κ3) is 4.46. The molecule has 3 rings (SSSR count). The zero-order valence-electron chi connectivity index (χ0n) is 19.6. The predicted octanol–water partition coefficient (Wildman–Crippen LogP) is 2.37. The van der Waals surface area contributed by atoms with Gasteiger partial charge < -0.3 is 20.3 Å². The van der Waals surface area contributed by atoms with Crippen molar-refractivity contribution < 1.29 is 28.7 Å². The molecule has 1 spiro atoms. The Balaban J connectivity index is 1.83. The number of hydrogen-bond acceptors (Lipinski definition) is 7. The first-order valence-corrected chi connectivity index (χ1v) is 11.8. The number of nitrogens with zero attached hydrogens (tertiary/aromatic N) is 2. The van der Waals surface area contributed by atoms with Crippen LogP contribution in [0, 0.1) is 12.8 Å². The van der Waals surface area contributed by atoms with Gasteiger partial charge in [-0.3, -0.25) is 19.3 Å². The predicted molar refractivity (Wildman–Crippen MR) is 122 cm³/mol. The quantitative estimate of drug-likeness (QED) is 0.478. The number of carbonyl (C=O) groups is 5. The molecule has 1 aliphatic heterocycles. The molecule has 2 N–H and O–H groups in total. The Hall–Kier alpha value is -2.95. The van der Waals surface area contributed by atoms with E-state index in [2.05, 4.69) is 10.6 Å². The molecular weight excluding hydrogens is 448 g/mol. The fourth-order valence-electron chi connectivity index (χ4n) is 4.41. The van der Waals surface area contributed by atoms with Crippen molar-refractivity contribution >= 4 is 46.1 Å². The topological polar surface area (TPSA) is 125 Å². The largest absolute Gasteiger partial charge is 0.462 e. The molecule has 2 aliphatic rings. The maximum atomic E-state index is 13.1. The molecule has 2 heterocycles. The van der Waals surface area contributed by atoms with Crippen molar-refractivity contribution in [2.24, 2.45) is 5.92 Å². The van der Waals surface area contributed by atoms with Crippen molar-refractivity contribution in [3.05, 3.63) is 16.0 Å². The van der Waals surface area contributed by atoms with E-state index in [4.69, 9.17) is 4.74 Å².